The first-order valence-corrected chi connectivity index (χ1v) is 8.56. The van der Waals surface area contributed by atoms with Gasteiger partial charge in [-0.15, -0.1) is 11.8 Å². The Morgan fingerprint density at radius 3 is 2.76 bits per heavy atom. The van der Waals surface area contributed by atoms with Crippen LogP contribution in [0.1, 0.15) is 12.8 Å². The van der Waals surface area contributed by atoms with E-state index in [4.69, 9.17) is 16.3 Å². The van der Waals surface area contributed by atoms with Gasteiger partial charge in [-0.25, -0.2) is 0 Å². The van der Waals surface area contributed by atoms with Crippen LogP contribution in [0, 0.1) is 5.41 Å². The Kier molecular flexibility index (Phi) is 5.93. The van der Waals surface area contributed by atoms with Gasteiger partial charge >= 0.3 is 0 Å². The van der Waals surface area contributed by atoms with Crippen LogP contribution in [-0.4, -0.2) is 39.0 Å². The Hall–Kier alpha value is -0.750. The van der Waals surface area contributed by atoms with Crippen LogP contribution in [0.5, 0.6) is 0 Å². The summed E-state index contributed by atoms with van der Waals surface area (Å²) in [6.45, 7) is 2.11. The van der Waals surface area contributed by atoms with Crippen molar-refractivity contribution in [2.75, 3.05) is 38.4 Å². The average molecular weight is 329 g/mol. The molecule has 1 aliphatic rings. The molecule has 6 heteroatoms. The molecule has 0 aromatic heterocycles. The number of hydrogen-bond donors (Lipinski definition) is 2. The first-order valence-electron chi connectivity index (χ1n) is 6.96. The molecule has 2 rings (SSSR count). The summed E-state index contributed by atoms with van der Waals surface area (Å²) in [5.74, 6) is 0.0128. The molecule has 0 unspecified atom stereocenters. The lowest BCUT2D eigenvalue weighted by atomic mass is 9.78. The Balaban J connectivity index is 2.13. The number of rotatable bonds is 5. The van der Waals surface area contributed by atoms with Gasteiger partial charge in [-0.3, -0.25) is 4.79 Å². The summed E-state index contributed by atoms with van der Waals surface area (Å²) in [4.78, 5) is 13.7. The number of benzene rings is 1. The Bertz CT molecular complexity index is 499. The highest BCUT2D eigenvalue weighted by Crippen LogP contribution is 2.32. The predicted molar refractivity (Wildman–Crippen MR) is 88.3 cm³/mol. The lowest BCUT2D eigenvalue weighted by Gasteiger charge is -2.35. The monoisotopic (exact) mass is 328 g/mol. The molecule has 0 atom stereocenters. The zero-order valence-electron chi connectivity index (χ0n) is 12.4. The summed E-state index contributed by atoms with van der Waals surface area (Å²) in [5, 5.41) is 6.93. The maximum absolute atomic E-state index is 12.7. The van der Waals surface area contributed by atoms with Crippen LogP contribution in [0.25, 0.3) is 0 Å². The molecule has 0 bridgehead atoms. The molecular weight excluding hydrogens is 308 g/mol. The van der Waals surface area contributed by atoms with Crippen molar-refractivity contribution in [2.24, 2.45) is 5.41 Å². The Morgan fingerprint density at radius 2 is 2.19 bits per heavy atom. The van der Waals surface area contributed by atoms with Gasteiger partial charge in [-0.2, -0.15) is 0 Å². The smallest absolute Gasteiger partial charge is 0.233 e. The van der Waals surface area contributed by atoms with Gasteiger partial charge < -0.3 is 15.4 Å². The summed E-state index contributed by atoms with van der Waals surface area (Å²) < 4.78 is 5.29. The van der Waals surface area contributed by atoms with Crippen molar-refractivity contribution in [3.63, 3.8) is 0 Å². The number of hydrogen-bond acceptors (Lipinski definition) is 4. The van der Waals surface area contributed by atoms with E-state index in [2.05, 4.69) is 10.6 Å². The SMILES string of the molecule is COCC1(C(=O)Nc2ccc(SC)c(Cl)c2)CCNCC1. The number of ether oxygens (including phenoxy) is 1. The van der Waals surface area contributed by atoms with Crippen molar-refractivity contribution in [2.45, 2.75) is 17.7 Å². The third kappa shape index (κ3) is 3.92. The van der Waals surface area contributed by atoms with E-state index in [1.165, 1.54) is 0 Å². The molecule has 1 aromatic rings. The number of amides is 1. The van der Waals surface area contributed by atoms with Crippen molar-refractivity contribution >= 4 is 35.0 Å². The highest BCUT2D eigenvalue weighted by Gasteiger charge is 2.39. The molecule has 0 saturated carbocycles. The van der Waals surface area contributed by atoms with E-state index >= 15 is 0 Å². The first-order chi connectivity index (χ1) is 10.1. The second-order valence-corrected chi connectivity index (χ2v) is 6.52. The number of nitrogens with one attached hydrogen (secondary N) is 2. The fraction of sp³-hybridized carbons (Fsp3) is 0.533. The summed E-state index contributed by atoms with van der Waals surface area (Å²) in [7, 11) is 1.64. The molecule has 0 aliphatic carbocycles. The van der Waals surface area contributed by atoms with E-state index < -0.39 is 5.41 Å². The van der Waals surface area contributed by atoms with Gasteiger partial charge in [0.05, 0.1) is 17.0 Å². The molecule has 1 fully saturated rings. The Morgan fingerprint density at radius 1 is 1.48 bits per heavy atom. The van der Waals surface area contributed by atoms with Crippen LogP contribution >= 0.6 is 23.4 Å². The number of carbonyl (C=O) groups excluding carboxylic acids is 1. The minimum absolute atomic E-state index is 0.0128. The minimum atomic E-state index is -0.454. The van der Waals surface area contributed by atoms with E-state index in [9.17, 15) is 4.79 Å². The highest BCUT2D eigenvalue weighted by molar-refractivity contribution is 7.98. The number of thioether (sulfide) groups is 1. The summed E-state index contributed by atoms with van der Waals surface area (Å²) >= 11 is 7.77. The fourth-order valence-corrected chi connectivity index (χ4v) is 3.50. The number of halogens is 1. The van der Waals surface area contributed by atoms with Gasteiger partial charge in [0.2, 0.25) is 5.91 Å². The van der Waals surface area contributed by atoms with Gasteiger partial charge in [0, 0.05) is 17.7 Å². The lowest BCUT2D eigenvalue weighted by molar-refractivity contribution is -0.130. The predicted octanol–water partition coefficient (Wildman–Crippen LogP) is 3.02. The van der Waals surface area contributed by atoms with Gasteiger partial charge in [0.1, 0.15) is 0 Å². The summed E-state index contributed by atoms with van der Waals surface area (Å²) in [6.07, 6.45) is 3.54. The van der Waals surface area contributed by atoms with Crippen LogP contribution in [0.4, 0.5) is 5.69 Å². The molecule has 1 heterocycles. The van der Waals surface area contributed by atoms with E-state index in [1.54, 1.807) is 24.9 Å². The van der Waals surface area contributed by atoms with Crippen molar-refractivity contribution in [3.05, 3.63) is 23.2 Å². The topological polar surface area (TPSA) is 50.4 Å². The molecule has 0 spiro atoms. The number of piperidine rings is 1. The molecule has 1 aromatic carbocycles. The maximum Gasteiger partial charge on any atom is 0.233 e. The molecule has 1 aliphatic heterocycles. The van der Waals surface area contributed by atoms with Crippen molar-refractivity contribution in [3.8, 4) is 0 Å². The highest BCUT2D eigenvalue weighted by atomic mass is 35.5. The van der Waals surface area contributed by atoms with Gasteiger partial charge in [-0.05, 0) is 50.4 Å². The lowest BCUT2D eigenvalue weighted by Crippen LogP contribution is -2.47. The third-order valence-corrected chi connectivity index (χ3v) is 5.09. The van der Waals surface area contributed by atoms with Gasteiger partial charge in [0.25, 0.3) is 0 Å². The average Bonchev–Trinajstić information content (AvgIpc) is 2.48. The summed E-state index contributed by atoms with van der Waals surface area (Å²) in [6, 6.07) is 5.61. The van der Waals surface area contributed by atoms with E-state index in [0.717, 1.165) is 36.5 Å². The molecule has 1 amide bonds. The van der Waals surface area contributed by atoms with Crippen LogP contribution in [-0.2, 0) is 9.53 Å². The number of anilines is 1. The molecule has 1 saturated heterocycles. The molecule has 0 radical (unpaired) electrons. The van der Waals surface area contributed by atoms with Crippen LogP contribution in [0.2, 0.25) is 5.02 Å². The van der Waals surface area contributed by atoms with E-state index in [1.807, 2.05) is 18.4 Å². The molecule has 21 heavy (non-hydrogen) atoms. The quantitative estimate of drug-likeness (QED) is 0.816. The van der Waals surface area contributed by atoms with Crippen molar-refractivity contribution < 1.29 is 9.53 Å². The molecular formula is C15H21ClN2O2S. The second-order valence-electron chi connectivity index (χ2n) is 5.27. The van der Waals surface area contributed by atoms with Gasteiger partial charge in [0.15, 0.2) is 0 Å². The molecule has 116 valence electrons. The summed E-state index contributed by atoms with van der Waals surface area (Å²) in [5.41, 5.74) is 0.279. The first kappa shape index (κ1) is 16.6. The molecule has 2 N–H and O–H groups in total. The fourth-order valence-electron chi connectivity index (χ4n) is 2.63. The van der Waals surface area contributed by atoms with Gasteiger partial charge in [-0.1, -0.05) is 11.6 Å². The Labute approximate surface area is 135 Å². The zero-order chi connectivity index (χ0) is 15.3. The normalized spacial score (nSPS) is 17.5. The minimum Gasteiger partial charge on any atom is -0.384 e. The van der Waals surface area contributed by atoms with Crippen LogP contribution < -0.4 is 10.6 Å². The largest absolute Gasteiger partial charge is 0.384 e. The van der Waals surface area contributed by atoms with E-state index in [-0.39, 0.29) is 5.91 Å². The van der Waals surface area contributed by atoms with Crippen LogP contribution in [0.3, 0.4) is 0 Å². The molecule has 4 nitrogen and oxygen atoms in total. The standard InChI is InChI=1S/C15H21ClN2O2S/c1-20-10-15(5-7-17-8-6-15)14(19)18-11-3-4-13(21-2)12(16)9-11/h3-4,9,17H,5-8,10H2,1-2H3,(H,18,19). The van der Waals surface area contributed by atoms with Crippen molar-refractivity contribution in [1.29, 1.82) is 0 Å². The van der Waals surface area contributed by atoms with Crippen molar-refractivity contribution in [1.82, 2.24) is 5.32 Å². The zero-order valence-corrected chi connectivity index (χ0v) is 13.9. The maximum atomic E-state index is 12.7. The number of methoxy groups -OCH3 is 1. The second kappa shape index (κ2) is 7.49. The number of carbonyl (C=O) groups is 1. The van der Waals surface area contributed by atoms with E-state index in [0.29, 0.717) is 11.6 Å². The third-order valence-electron chi connectivity index (χ3n) is 3.87. The van der Waals surface area contributed by atoms with Crippen LogP contribution in [0.15, 0.2) is 23.1 Å².